The van der Waals surface area contributed by atoms with Gasteiger partial charge in [-0.1, -0.05) is 45.0 Å². The summed E-state index contributed by atoms with van der Waals surface area (Å²) in [5.74, 6) is 0.553. The monoisotopic (exact) mass is 276 g/mol. The molecule has 1 unspecified atom stereocenters. The Bertz CT molecular complexity index is 371. The van der Waals surface area contributed by atoms with Crippen LogP contribution in [-0.4, -0.2) is 30.1 Å². The molecule has 0 saturated heterocycles. The van der Waals surface area contributed by atoms with Crippen LogP contribution >= 0.6 is 0 Å². The molecule has 0 aliphatic carbocycles. The summed E-state index contributed by atoms with van der Waals surface area (Å²) in [6, 6.07) is 9.13. The molecule has 114 valence electrons. The van der Waals surface area contributed by atoms with Crippen LogP contribution in [0.2, 0.25) is 0 Å². The van der Waals surface area contributed by atoms with Crippen LogP contribution in [0.1, 0.15) is 58.6 Å². The quantitative estimate of drug-likeness (QED) is 0.809. The van der Waals surface area contributed by atoms with Gasteiger partial charge in [0.05, 0.1) is 0 Å². The summed E-state index contributed by atoms with van der Waals surface area (Å²) in [5.41, 5.74) is 3.02. The molecule has 1 rings (SSSR count). The summed E-state index contributed by atoms with van der Waals surface area (Å²) in [6.45, 7) is 17.7. The van der Waals surface area contributed by atoms with Gasteiger partial charge in [-0.25, -0.2) is 0 Å². The van der Waals surface area contributed by atoms with E-state index in [1.807, 2.05) is 0 Å². The highest BCUT2D eigenvalue weighted by Gasteiger charge is 2.12. The van der Waals surface area contributed by atoms with E-state index in [4.69, 9.17) is 0 Å². The van der Waals surface area contributed by atoms with E-state index in [1.165, 1.54) is 11.1 Å². The van der Waals surface area contributed by atoms with E-state index in [0.717, 1.165) is 26.2 Å². The van der Waals surface area contributed by atoms with Crippen molar-refractivity contribution in [1.82, 2.24) is 10.2 Å². The number of hydrogen-bond acceptors (Lipinski definition) is 2. The van der Waals surface area contributed by atoms with Gasteiger partial charge in [0.2, 0.25) is 0 Å². The minimum atomic E-state index is 0.191. The summed E-state index contributed by atoms with van der Waals surface area (Å²) >= 11 is 0. The zero-order valence-electron chi connectivity index (χ0n) is 14.2. The van der Waals surface area contributed by atoms with Crippen molar-refractivity contribution in [2.75, 3.05) is 19.6 Å². The highest BCUT2D eigenvalue weighted by molar-refractivity contribution is 5.25. The number of benzene rings is 1. The Morgan fingerprint density at radius 1 is 1.05 bits per heavy atom. The molecule has 2 heteroatoms. The molecule has 0 aromatic heterocycles. The molecule has 0 heterocycles. The van der Waals surface area contributed by atoms with E-state index >= 15 is 0 Å². The minimum absolute atomic E-state index is 0.191. The van der Waals surface area contributed by atoms with Crippen LogP contribution in [0.15, 0.2) is 24.3 Å². The first kappa shape index (κ1) is 17.2. The van der Waals surface area contributed by atoms with Crippen LogP contribution in [0.25, 0.3) is 0 Å². The van der Waals surface area contributed by atoms with Crippen molar-refractivity contribution in [3.8, 4) is 0 Å². The second kappa shape index (κ2) is 7.80. The molecular weight excluding hydrogens is 244 g/mol. The van der Waals surface area contributed by atoms with E-state index in [2.05, 4.69) is 76.0 Å². The third-order valence-corrected chi connectivity index (χ3v) is 3.79. The first-order valence-electron chi connectivity index (χ1n) is 7.92. The molecule has 0 radical (unpaired) electrons. The summed E-state index contributed by atoms with van der Waals surface area (Å²) in [5, 5.41) is 3.58. The van der Waals surface area contributed by atoms with Crippen molar-refractivity contribution in [2.45, 2.75) is 59.5 Å². The molecule has 0 aliphatic heterocycles. The summed E-state index contributed by atoms with van der Waals surface area (Å²) in [7, 11) is 0. The molecule has 0 bridgehead atoms. The van der Waals surface area contributed by atoms with Gasteiger partial charge >= 0.3 is 0 Å². The van der Waals surface area contributed by atoms with Crippen molar-refractivity contribution < 1.29 is 0 Å². The molecule has 1 N–H and O–H groups in total. The van der Waals surface area contributed by atoms with Gasteiger partial charge in [-0.3, -0.25) is 4.90 Å². The largest absolute Gasteiger partial charge is 0.311 e. The first-order valence-corrected chi connectivity index (χ1v) is 7.92. The number of hydrogen-bond donors (Lipinski definition) is 1. The molecule has 0 aliphatic rings. The molecule has 2 nitrogen and oxygen atoms in total. The van der Waals surface area contributed by atoms with Crippen LogP contribution in [0, 0.1) is 0 Å². The molecule has 0 saturated carbocycles. The molecule has 1 atom stereocenters. The van der Waals surface area contributed by atoms with Crippen molar-refractivity contribution in [2.24, 2.45) is 0 Å². The van der Waals surface area contributed by atoms with E-state index < -0.39 is 0 Å². The highest BCUT2D eigenvalue weighted by Crippen LogP contribution is 2.17. The van der Waals surface area contributed by atoms with Gasteiger partial charge in [-0.05, 0) is 50.9 Å². The van der Waals surface area contributed by atoms with E-state index in [-0.39, 0.29) is 5.54 Å². The van der Waals surface area contributed by atoms with Crippen molar-refractivity contribution in [3.63, 3.8) is 0 Å². The summed E-state index contributed by atoms with van der Waals surface area (Å²) in [4.78, 5) is 2.44. The zero-order chi connectivity index (χ0) is 15.2. The van der Waals surface area contributed by atoms with Gasteiger partial charge in [0.25, 0.3) is 0 Å². The lowest BCUT2D eigenvalue weighted by molar-refractivity contribution is 0.296. The first-order chi connectivity index (χ1) is 9.35. The van der Waals surface area contributed by atoms with Gasteiger partial charge < -0.3 is 5.32 Å². The normalized spacial score (nSPS) is 13.8. The van der Waals surface area contributed by atoms with E-state index in [1.54, 1.807) is 0 Å². The van der Waals surface area contributed by atoms with Crippen LogP contribution in [0.4, 0.5) is 0 Å². The van der Waals surface area contributed by atoms with Crippen LogP contribution in [0.5, 0.6) is 0 Å². The van der Waals surface area contributed by atoms with E-state index in [9.17, 15) is 0 Å². The lowest BCUT2D eigenvalue weighted by Gasteiger charge is -2.24. The highest BCUT2D eigenvalue weighted by atomic mass is 15.1. The summed E-state index contributed by atoms with van der Waals surface area (Å²) in [6.07, 6.45) is 0. The Labute approximate surface area is 125 Å². The molecule has 0 spiro atoms. The Morgan fingerprint density at radius 3 is 2.05 bits per heavy atom. The van der Waals surface area contributed by atoms with Gasteiger partial charge in [0.15, 0.2) is 0 Å². The fraction of sp³-hybridized carbons (Fsp3) is 0.667. The Hall–Kier alpha value is -0.860. The average molecular weight is 276 g/mol. The van der Waals surface area contributed by atoms with Crippen molar-refractivity contribution >= 4 is 0 Å². The third kappa shape index (κ3) is 6.06. The van der Waals surface area contributed by atoms with Crippen molar-refractivity contribution in [3.05, 3.63) is 35.4 Å². The maximum Gasteiger partial charge on any atom is 0.0233 e. The number of rotatable bonds is 7. The van der Waals surface area contributed by atoms with Crippen molar-refractivity contribution in [1.29, 1.82) is 0 Å². The fourth-order valence-electron chi connectivity index (χ4n) is 2.23. The average Bonchev–Trinajstić information content (AvgIpc) is 2.42. The Balaban J connectivity index is 2.57. The predicted octanol–water partition coefficient (Wildman–Crippen LogP) is 4.02. The molecule has 1 aromatic rings. The molecule has 0 amide bonds. The van der Waals surface area contributed by atoms with Gasteiger partial charge in [0.1, 0.15) is 0 Å². The third-order valence-electron chi connectivity index (χ3n) is 3.79. The van der Waals surface area contributed by atoms with E-state index in [0.29, 0.717) is 5.92 Å². The number of nitrogens with zero attached hydrogens (tertiary/aromatic N) is 1. The summed E-state index contributed by atoms with van der Waals surface area (Å²) < 4.78 is 0. The topological polar surface area (TPSA) is 15.3 Å². The van der Waals surface area contributed by atoms with Gasteiger partial charge in [-0.15, -0.1) is 0 Å². The van der Waals surface area contributed by atoms with Crippen LogP contribution in [0.3, 0.4) is 0 Å². The lowest BCUT2D eigenvalue weighted by Crippen LogP contribution is -2.38. The molecule has 0 fully saturated rings. The van der Waals surface area contributed by atoms with Gasteiger partial charge in [-0.2, -0.15) is 0 Å². The zero-order valence-corrected chi connectivity index (χ0v) is 14.2. The molecule has 20 heavy (non-hydrogen) atoms. The minimum Gasteiger partial charge on any atom is -0.311 e. The lowest BCUT2D eigenvalue weighted by atomic mass is 9.98. The SMILES string of the molecule is CCN(CC)Cc1ccc(C(C)CNC(C)(C)C)cc1. The number of nitrogens with one attached hydrogen (secondary N) is 1. The molecule has 1 aromatic carbocycles. The predicted molar refractivity (Wildman–Crippen MR) is 89.2 cm³/mol. The Kier molecular flexibility index (Phi) is 6.70. The maximum absolute atomic E-state index is 3.58. The fourth-order valence-corrected chi connectivity index (χ4v) is 2.23. The van der Waals surface area contributed by atoms with Gasteiger partial charge in [0, 0.05) is 18.6 Å². The van der Waals surface area contributed by atoms with Crippen LogP contribution < -0.4 is 5.32 Å². The maximum atomic E-state index is 3.58. The Morgan fingerprint density at radius 2 is 1.60 bits per heavy atom. The standard InChI is InChI=1S/C18H32N2/c1-7-20(8-2)14-16-9-11-17(12-10-16)15(3)13-19-18(4,5)6/h9-12,15,19H,7-8,13-14H2,1-6H3. The second-order valence-corrected chi connectivity index (χ2v) is 6.73. The smallest absolute Gasteiger partial charge is 0.0233 e. The van der Waals surface area contributed by atoms with Crippen LogP contribution in [-0.2, 0) is 6.54 Å². The second-order valence-electron chi connectivity index (χ2n) is 6.73. The molecular formula is C18H32N2.